The Morgan fingerprint density at radius 3 is 2.00 bits per heavy atom. The molecule has 0 saturated carbocycles. The van der Waals surface area contributed by atoms with Crippen molar-refractivity contribution in [3.63, 3.8) is 0 Å². The summed E-state index contributed by atoms with van der Waals surface area (Å²) in [5.41, 5.74) is 4.41. The second-order valence-electron chi connectivity index (χ2n) is 4.72. The Hall–Kier alpha value is -1.90. The lowest BCUT2D eigenvalue weighted by Gasteiger charge is -2.12. The van der Waals surface area contributed by atoms with E-state index in [1.807, 2.05) is 19.9 Å². The van der Waals surface area contributed by atoms with Gasteiger partial charge in [0.2, 0.25) is 5.88 Å². The zero-order chi connectivity index (χ0) is 13.3. The van der Waals surface area contributed by atoms with E-state index in [0.29, 0.717) is 5.88 Å². The average Bonchev–Trinajstić information content (AvgIpc) is 2.22. The number of benzene rings is 1. The van der Waals surface area contributed by atoms with Crippen LogP contribution in [0.1, 0.15) is 28.2 Å². The minimum Gasteiger partial charge on any atom is -0.438 e. The Balaban J connectivity index is 2.40. The van der Waals surface area contributed by atoms with Gasteiger partial charge in [-0.05, 0) is 45.7 Å². The van der Waals surface area contributed by atoms with Crippen molar-refractivity contribution in [1.82, 2.24) is 9.97 Å². The van der Waals surface area contributed by atoms with Crippen molar-refractivity contribution >= 4 is 0 Å². The second kappa shape index (κ2) is 4.77. The highest BCUT2D eigenvalue weighted by Gasteiger charge is 2.08. The molecule has 0 aliphatic carbocycles. The van der Waals surface area contributed by atoms with Gasteiger partial charge in [-0.2, -0.15) is 4.98 Å². The quantitative estimate of drug-likeness (QED) is 0.803. The summed E-state index contributed by atoms with van der Waals surface area (Å²) in [6, 6.07) is 6.08. The van der Waals surface area contributed by atoms with Crippen LogP contribution < -0.4 is 4.74 Å². The molecular formula is C15H18N2O. The molecule has 2 aromatic rings. The normalized spacial score (nSPS) is 10.5. The number of rotatable bonds is 2. The van der Waals surface area contributed by atoms with E-state index in [0.717, 1.165) is 28.4 Å². The van der Waals surface area contributed by atoms with E-state index < -0.39 is 0 Å². The van der Waals surface area contributed by atoms with Crippen molar-refractivity contribution in [1.29, 1.82) is 0 Å². The van der Waals surface area contributed by atoms with Gasteiger partial charge in [0.15, 0.2) is 0 Å². The molecule has 3 nitrogen and oxygen atoms in total. The van der Waals surface area contributed by atoms with E-state index in [-0.39, 0.29) is 0 Å². The summed E-state index contributed by atoms with van der Waals surface area (Å²) >= 11 is 0. The molecule has 0 fully saturated rings. The number of hydrogen-bond donors (Lipinski definition) is 0. The van der Waals surface area contributed by atoms with Gasteiger partial charge in [-0.25, -0.2) is 4.98 Å². The number of nitrogens with zero attached hydrogens (tertiary/aromatic N) is 2. The summed E-state index contributed by atoms with van der Waals surface area (Å²) in [7, 11) is 0. The summed E-state index contributed by atoms with van der Waals surface area (Å²) in [6.45, 7) is 10.0. The van der Waals surface area contributed by atoms with Crippen LogP contribution >= 0.6 is 0 Å². The smallest absolute Gasteiger partial charge is 0.222 e. The molecule has 2 rings (SSSR count). The van der Waals surface area contributed by atoms with E-state index >= 15 is 0 Å². The van der Waals surface area contributed by atoms with Gasteiger partial charge in [0, 0.05) is 11.8 Å². The third kappa shape index (κ3) is 2.67. The zero-order valence-corrected chi connectivity index (χ0v) is 11.5. The molecule has 18 heavy (non-hydrogen) atoms. The van der Waals surface area contributed by atoms with Crippen LogP contribution in [-0.4, -0.2) is 9.97 Å². The first-order valence-corrected chi connectivity index (χ1v) is 6.03. The standard InChI is InChI=1S/C15H18N2O/c1-9-6-10(2)15(11(3)7-9)18-14-8-12(4)16-13(5)17-14/h6-8H,1-5H3. The summed E-state index contributed by atoms with van der Waals surface area (Å²) in [4.78, 5) is 8.54. The number of aryl methyl sites for hydroxylation is 5. The summed E-state index contributed by atoms with van der Waals surface area (Å²) < 4.78 is 5.91. The van der Waals surface area contributed by atoms with Crippen molar-refractivity contribution in [2.45, 2.75) is 34.6 Å². The van der Waals surface area contributed by atoms with Gasteiger partial charge >= 0.3 is 0 Å². The number of aromatic nitrogens is 2. The maximum atomic E-state index is 5.91. The summed E-state index contributed by atoms with van der Waals surface area (Å²) in [6.07, 6.45) is 0. The lowest BCUT2D eigenvalue weighted by molar-refractivity contribution is 0.452. The van der Waals surface area contributed by atoms with E-state index in [2.05, 4.69) is 42.9 Å². The average molecular weight is 242 g/mol. The Morgan fingerprint density at radius 1 is 0.833 bits per heavy atom. The highest BCUT2D eigenvalue weighted by Crippen LogP contribution is 2.28. The fourth-order valence-corrected chi connectivity index (χ4v) is 2.17. The minimum atomic E-state index is 0.607. The van der Waals surface area contributed by atoms with Crippen LogP contribution in [0.15, 0.2) is 18.2 Å². The largest absolute Gasteiger partial charge is 0.438 e. The highest BCUT2D eigenvalue weighted by molar-refractivity contribution is 5.44. The maximum Gasteiger partial charge on any atom is 0.222 e. The van der Waals surface area contributed by atoms with Crippen LogP contribution in [0.2, 0.25) is 0 Å². The van der Waals surface area contributed by atoms with Gasteiger partial charge in [-0.15, -0.1) is 0 Å². The lowest BCUT2D eigenvalue weighted by Crippen LogP contribution is -1.98. The van der Waals surface area contributed by atoms with Gasteiger partial charge in [0.1, 0.15) is 11.6 Å². The highest BCUT2D eigenvalue weighted by atomic mass is 16.5. The second-order valence-corrected chi connectivity index (χ2v) is 4.72. The Bertz CT molecular complexity index is 548. The molecule has 1 heterocycles. The fraction of sp³-hybridized carbons (Fsp3) is 0.333. The van der Waals surface area contributed by atoms with Crippen LogP contribution in [0.25, 0.3) is 0 Å². The Labute approximate surface area is 108 Å². The first-order valence-electron chi connectivity index (χ1n) is 6.03. The van der Waals surface area contributed by atoms with Gasteiger partial charge in [-0.3, -0.25) is 0 Å². The van der Waals surface area contributed by atoms with Gasteiger partial charge < -0.3 is 4.74 Å². The molecule has 3 heteroatoms. The summed E-state index contributed by atoms with van der Waals surface area (Å²) in [5, 5.41) is 0. The van der Waals surface area contributed by atoms with Crippen LogP contribution in [0.3, 0.4) is 0 Å². The first kappa shape index (κ1) is 12.6. The molecule has 1 aromatic heterocycles. The predicted molar refractivity (Wildman–Crippen MR) is 72.2 cm³/mol. The molecule has 0 spiro atoms. The molecule has 0 unspecified atom stereocenters. The van der Waals surface area contributed by atoms with Gasteiger partial charge in [0.25, 0.3) is 0 Å². The SMILES string of the molecule is Cc1cc(C)c(Oc2cc(C)nc(C)n2)c(C)c1. The maximum absolute atomic E-state index is 5.91. The van der Waals surface area contributed by atoms with E-state index in [1.165, 1.54) is 5.56 Å². The van der Waals surface area contributed by atoms with Gasteiger partial charge in [-0.1, -0.05) is 17.7 Å². The zero-order valence-electron chi connectivity index (χ0n) is 11.5. The third-order valence-corrected chi connectivity index (χ3v) is 2.75. The van der Waals surface area contributed by atoms with E-state index in [1.54, 1.807) is 0 Å². The predicted octanol–water partition coefficient (Wildman–Crippen LogP) is 3.81. The molecule has 0 amide bonds. The van der Waals surface area contributed by atoms with Crippen molar-refractivity contribution in [2.24, 2.45) is 0 Å². The third-order valence-electron chi connectivity index (χ3n) is 2.75. The molecule has 0 saturated heterocycles. The molecule has 0 radical (unpaired) electrons. The van der Waals surface area contributed by atoms with Crippen LogP contribution in [-0.2, 0) is 0 Å². The van der Waals surface area contributed by atoms with Crippen molar-refractivity contribution < 1.29 is 4.74 Å². The Kier molecular flexibility index (Phi) is 3.32. The van der Waals surface area contributed by atoms with Gasteiger partial charge in [0.05, 0.1) is 0 Å². The summed E-state index contributed by atoms with van der Waals surface area (Å²) in [5.74, 6) is 2.22. The van der Waals surface area contributed by atoms with Crippen LogP contribution in [0.4, 0.5) is 0 Å². The first-order chi connectivity index (χ1) is 8.45. The molecule has 0 bridgehead atoms. The van der Waals surface area contributed by atoms with Crippen molar-refractivity contribution in [2.75, 3.05) is 0 Å². The minimum absolute atomic E-state index is 0.607. The van der Waals surface area contributed by atoms with E-state index in [9.17, 15) is 0 Å². The number of ether oxygens (including phenoxy) is 1. The molecule has 94 valence electrons. The molecule has 0 atom stereocenters. The van der Waals surface area contributed by atoms with Crippen LogP contribution in [0, 0.1) is 34.6 Å². The van der Waals surface area contributed by atoms with Crippen LogP contribution in [0.5, 0.6) is 11.6 Å². The molecule has 1 aromatic carbocycles. The van der Waals surface area contributed by atoms with Crippen molar-refractivity contribution in [3.05, 3.63) is 46.4 Å². The number of hydrogen-bond acceptors (Lipinski definition) is 3. The molecular weight excluding hydrogens is 224 g/mol. The molecule has 0 N–H and O–H groups in total. The topological polar surface area (TPSA) is 35.0 Å². The molecule has 0 aliphatic heterocycles. The van der Waals surface area contributed by atoms with Crippen molar-refractivity contribution in [3.8, 4) is 11.6 Å². The Morgan fingerprint density at radius 2 is 1.44 bits per heavy atom. The molecule has 0 aliphatic rings. The fourth-order valence-electron chi connectivity index (χ4n) is 2.17. The lowest BCUT2D eigenvalue weighted by atomic mass is 10.1. The van der Waals surface area contributed by atoms with E-state index in [4.69, 9.17) is 4.74 Å². The monoisotopic (exact) mass is 242 g/mol.